The van der Waals surface area contributed by atoms with Crippen molar-refractivity contribution in [2.45, 2.75) is 64.0 Å². The number of hydrogen-bond donors (Lipinski definition) is 2. The Hall–Kier alpha value is -0.380. The average molecular weight is 226 g/mol. The minimum absolute atomic E-state index is 0.121. The summed E-state index contributed by atoms with van der Waals surface area (Å²) in [6.07, 6.45) is 9.93. The van der Waals surface area contributed by atoms with E-state index in [1.54, 1.807) is 7.11 Å². The van der Waals surface area contributed by atoms with Crippen LogP contribution in [-0.4, -0.2) is 18.8 Å². The average Bonchev–Trinajstić information content (AvgIpc) is 2.21. The van der Waals surface area contributed by atoms with E-state index in [4.69, 9.17) is 10.6 Å². The number of nitrogens with two attached hydrogens (primary N) is 1. The van der Waals surface area contributed by atoms with Crippen molar-refractivity contribution in [2.24, 2.45) is 5.84 Å². The van der Waals surface area contributed by atoms with Crippen molar-refractivity contribution in [3.05, 3.63) is 11.6 Å². The molecule has 1 atom stereocenters. The van der Waals surface area contributed by atoms with Gasteiger partial charge in [0.05, 0.1) is 11.6 Å². The van der Waals surface area contributed by atoms with E-state index in [9.17, 15) is 0 Å². The lowest BCUT2D eigenvalue weighted by Gasteiger charge is -2.35. The Balaban J connectivity index is 2.76. The highest BCUT2D eigenvalue weighted by Gasteiger charge is 2.31. The largest absolute Gasteiger partial charge is 0.377 e. The molecule has 0 bridgehead atoms. The van der Waals surface area contributed by atoms with Gasteiger partial charge in [-0.25, -0.2) is 0 Å². The molecule has 1 aliphatic rings. The molecular formula is C13H26N2O. The van der Waals surface area contributed by atoms with Crippen LogP contribution in [0.25, 0.3) is 0 Å². The Kier molecular flexibility index (Phi) is 5.46. The molecule has 94 valence electrons. The van der Waals surface area contributed by atoms with E-state index in [0.717, 1.165) is 6.42 Å². The molecule has 0 saturated heterocycles. The van der Waals surface area contributed by atoms with Crippen LogP contribution in [0.2, 0.25) is 0 Å². The summed E-state index contributed by atoms with van der Waals surface area (Å²) in [6.45, 7) is 4.16. The van der Waals surface area contributed by atoms with Crippen LogP contribution in [0.5, 0.6) is 0 Å². The number of rotatable bonds is 4. The fourth-order valence-electron chi connectivity index (χ4n) is 2.35. The zero-order chi connectivity index (χ0) is 12.0. The summed E-state index contributed by atoms with van der Waals surface area (Å²) in [5, 5.41) is 0. The second-order valence-corrected chi connectivity index (χ2v) is 5.14. The normalized spacial score (nSPS) is 20.9. The van der Waals surface area contributed by atoms with Gasteiger partial charge in [0, 0.05) is 7.11 Å². The predicted molar refractivity (Wildman–Crippen MR) is 68.0 cm³/mol. The number of ether oxygens (including phenoxy) is 1. The van der Waals surface area contributed by atoms with Gasteiger partial charge in [-0.2, -0.15) is 0 Å². The Morgan fingerprint density at radius 1 is 1.31 bits per heavy atom. The molecule has 1 rings (SSSR count). The summed E-state index contributed by atoms with van der Waals surface area (Å²) in [7, 11) is 1.74. The van der Waals surface area contributed by atoms with Crippen molar-refractivity contribution < 1.29 is 4.74 Å². The molecule has 0 radical (unpaired) electrons. The quantitative estimate of drug-likeness (QED) is 0.440. The molecule has 0 heterocycles. The van der Waals surface area contributed by atoms with Crippen molar-refractivity contribution >= 4 is 0 Å². The molecule has 0 aliphatic heterocycles. The second kappa shape index (κ2) is 6.38. The van der Waals surface area contributed by atoms with Crippen LogP contribution in [0.1, 0.15) is 52.4 Å². The molecule has 1 unspecified atom stereocenters. The van der Waals surface area contributed by atoms with E-state index in [0.29, 0.717) is 0 Å². The van der Waals surface area contributed by atoms with E-state index in [1.165, 1.54) is 37.7 Å². The lowest BCUT2D eigenvalue weighted by molar-refractivity contribution is -0.00103. The van der Waals surface area contributed by atoms with Crippen molar-refractivity contribution in [3.63, 3.8) is 0 Å². The zero-order valence-electron chi connectivity index (χ0n) is 10.9. The van der Waals surface area contributed by atoms with Gasteiger partial charge in [0.25, 0.3) is 0 Å². The Labute approximate surface area is 99.4 Å². The maximum absolute atomic E-state index is 5.68. The standard InChI is InChI=1S/C13H26N2O/c1-13(2,16-3)12(15-14)11-9-7-5-4-6-8-10-11/h9,12,15H,4-8,10,14H2,1-3H3. The highest BCUT2D eigenvalue weighted by atomic mass is 16.5. The summed E-state index contributed by atoms with van der Waals surface area (Å²) >= 11 is 0. The van der Waals surface area contributed by atoms with Crippen LogP contribution >= 0.6 is 0 Å². The fraction of sp³-hybridized carbons (Fsp3) is 0.846. The number of hydrazine groups is 1. The number of methoxy groups -OCH3 is 1. The smallest absolute Gasteiger partial charge is 0.0826 e. The van der Waals surface area contributed by atoms with E-state index < -0.39 is 0 Å². The molecule has 16 heavy (non-hydrogen) atoms. The minimum atomic E-state index is -0.250. The van der Waals surface area contributed by atoms with Crippen LogP contribution in [0.4, 0.5) is 0 Å². The van der Waals surface area contributed by atoms with Crippen LogP contribution in [0, 0.1) is 0 Å². The molecule has 0 fully saturated rings. The van der Waals surface area contributed by atoms with Crippen LogP contribution in [-0.2, 0) is 4.74 Å². The van der Waals surface area contributed by atoms with Crippen molar-refractivity contribution in [1.29, 1.82) is 0 Å². The van der Waals surface area contributed by atoms with Gasteiger partial charge in [0.15, 0.2) is 0 Å². The maximum Gasteiger partial charge on any atom is 0.0826 e. The third-order valence-corrected chi connectivity index (χ3v) is 3.58. The van der Waals surface area contributed by atoms with Gasteiger partial charge >= 0.3 is 0 Å². The second-order valence-electron chi connectivity index (χ2n) is 5.14. The van der Waals surface area contributed by atoms with E-state index >= 15 is 0 Å². The van der Waals surface area contributed by atoms with Gasteiger partial charge in [-0.1, -0.05) is 24.5 Å². The molecule has 0 spiro atoms. The molecule has 3 N–H and O–H groups in total. The molecule has 0 aromatic rings. The first-order chi connectivity index (χ1) is 7.61. The first kappa shape index (κ1) is 13.7. The van der Waals surface area contributed by atoms with E-state index in [-0.39, 0.29) is 11.6 Å². The summed E-state index contributed by atoms with van der Waals surface area (Å²) in [6, 6.07) is 0.121. The van der Waals surface area contributed by atoms with Gasteiger partial charge in [0.2, 0.25) is 0 Å². The molecule has 0 amide bonds. The SMILES string of the molecule is COC(C)(C)C(NN)C1=CCCCCCC1. The van der Waals surface area contributed by atoms with Gasteiger partial charge in [-0.15, -0.1) is 0 Å². The van der Waals surface area contributed by atoms with Gasteiger partial charge in [-0.05, 0) is 39.5 Å². The van der Waals surface area contributed by atoms with Gasteiger partial charge in [-0.3, -0.25) is 11.3 Å². The molecule has 0 aromatic carbocycles. The maximum atomic E-state index is 5.68. The summed E-state index contributed by atoms with van der Waals surface area (Å²) < 4.78 is 5.53. The molecule has 0 aromatic heterocycles. The topological polar surface area (TPSA) is 47.3 Å². The fourth-order valence-corrected chi connectivity index (χ4v) is 2.35. The lowest BCUT2D eigenvalue weighted by Crippen LogP contribution is -2.52. The van der Waals surface area contributed by atoms with Crippen LogP contribution in [0.3, 0.4) is 0 Å². The van der Waals surface area contributed by atoms with Crippen molar-refractivity contribution in [2.75, 3.05) is 7.11 Å². The molecule has 3 nitrogen and oxygen atoms in total. The monoisotopic (exact) mass is 226 g/mol. The Bertz CT molecular complexity index is 236. The van der Waals surface area contributed by atoms with Crippen LogP contribution < -0.4 is 11.3 Å². The molecular weight excluding hydrogens is 200 g/mol. The van der Waals surface area contributed by atoms with Gasteiger partial charge in [0.1, 0.15) is 0 Å². The minimum Gasteiger partial charge on any atom is -0.377 e. The predicted octanol–water partition coefficient (Wildman–Crippen LogP) is 2.52. The number of nitrogens with one attached hydrogen (secondary N) is 1. The van der Waals surface area contributed by atoms with E-state index in [1.807, 2.05) is 0 Å². The lowest BCUT2D eigenvalue weighted by atomic mass is 9.86. The first-order valence-electron chi connectivity index (χ1n) is 6.32. The van der Waals surface area contributed by atoms with Crippen molar-refractivity contribution in [1.82, 2.24) is 5.43 Å². The highest BCUT2D eigenvalue weighted by molar-refractivity contribution is 5.16. The number of allylic oxidation sites excluding steroid dienone is 1. The molecule has 1 aliphatic carbocycles. The van der Waals surface area contributed by atoms with Crippen LogP contribution in [0.15, 0.2) is 11.6 Å². The summed E-state index contributed by atoms with van der Waals surface area (Å²) in [5.41, 5.74) is 4.08. The molecule has 3 heteroatoms. The zero-order valence-corrected chi connectivity index (χ0v) is 10.9. The number of hydrogen-bond acceptors (Lipinski definition) is 3. The Morgan fingerprint density at radius 3 is 2.62 bits per heavy atom. The molecule has 0 saturated carbocycles. The summed E-state index contributed by atoms with van der Waals surface area (Å²) in [5.74, 6) is 5.68. The third kappa shape index (κ3) is 3.58. The third-order valence-electron chi connectivity index (χ3n) is 3.58. The highest BCUT2D eigenvalue weighted by Crippen LogP contribution is 2.26. The summed E-state index contributed by atoms with van der Waals surface area (Å²) in [4.78, 5) is 0. The van der Waals surface area contributed by atoms with E-state index in [2.05, 4.69) is 25.3 Å². The first-order valence-corrected chi connectivity index (χ1v) is 6.32. The Morgan fingerprint density at radius 2 is 2.00 bits per heavy atom. The van der Waals surface area contributed by atoms with Crippen molar-refractivity contribution in [3.8, 4) is 0 Å². The van der Waals surface area contributed by atoms with Gasteiger partial charge < -0.3 is 4.74 Å².